The van der Waals surface area contributed by atoms with Gasteiger partial charge in [-0.15, -0.1) is 11.3 Å². The van der Waals surface area contributed by atoms with Crippen LogP contribution in [0.2, 0.25) is 4.34 Å². The first-order chi connectivity index (χ1) is 10.2. The third-order valence-electron chi connectivity index (χ3n) is 3.77. The van der Waals surface area contributed by atoms with E-state index in [0.29, 0.717) is 6.04 Å². The van der Waals surface area contributed by atoms with Crippen molar-refractivity contribution in [3.05, 3.63) is 55.6 Å². The van der Waals surface area contributed by atoms with Crippen molar-refractivity contribution >= 4 is 38.9 Å². The normalized spacial score (nSPS) is 18.4. The number of thiophene rings is 1. The molecule has 1 atom stereocenters. The van der Waals surface area contributed by atoms with E-state index in [2.05, 4.69) is 56.5 Å². The molecule has 112 valence electrons. The minimum Gasteiger partial charge on any atom is -0.315 e. The first-order valence-electron chi connectivity index (χ1n) is 7.19. The van der Waals surface area contributed by atoms with E-state index in [-0.39, 0.29) is 0 Å². The largest absolute Gasteiger partial charge is 0.315 e. The molecule has 1 aliphatic rings. The summed E-state index contributed by atoms with van der Waals surface area (Å²) in [7, 11) is 0. The lowest BCUT2D eigenvalue weighted by Gasteiger charge is -2.30. The van der Waals surface area contributed by atoms with Crippen LogP contribution in [-0.2, 0) is 0 Å². The number of rotatable bonds is 3. The molecule has 1 aliphatic heterocycles. The Morgan fingerprint density at radius 3 is 2.86 bits per heavy atom. The van der Waals surface area contributed by atoms with Gasteiger partial charge in [-0.1, -0.05) is 39.7 Å². The molecule has 1 unspecified atom stereocenters. The summed E-state index contributed by atoms with van der Waals surface area (Å²) in [5, 5.41) is 3.48. The first kappa shape index (κ1) is 15.5. The van der Waals surface area contributed by atoms with Gasteiger partial charge in [0.1, 0.15) is 0 Å². The number of nitrogens with one attached hydrogen (secondary N) is 1. The Kier molecular flexibility index (Phi) is 5.35. The molecule has 0 aliphatic carbocycles. The lowest BCUT2D eigenvalue weighted by Crippen LogP contribution is -2.32. The van der Waals surface area contributed by atoms with Crippen LogP contribution < -0.4 is 5.32 Å². The average molecular weight is 386 g/mol. The Labute approximate surface area is 143 Å². The van der Waals surface area contributed by atoms with Crippen molar-refractivity contribution in [1.29, 1.82) is 0 Å². The molecular formula is C16H18BrClN2S. The van der Waals surface area contributed by atoms with Crippen molar-refractivity contribution in [2.24, 2.45) is 0 Å². The molecule has 2 aromatic rings. The van der Waals surface area contributed by atoms with Gasteiger partial charge in [-0.05, 0) is 42.8 Å². The van der Waals surface area contributed by atoms with E-state index >= 15 is 0 Å². The van der Waals surface area contributed by atoms with Crippen LogP contribution in [0.15, 0.2) is 40.9 Å². The molecule has 3 rings (SSSR count). The van der Waals surface area contributed by atoms with Crippen LogP contribution in [0.25, 0.3) is 0 Å². The van der Waals surface area contributed by atoms with Crippen LogP contribution in [0.4, 0.5) is 0 Å². The molecular weight excluding hydrogens is 368 g/mol. The second kappa shape index (κ2) is 7.25. The summed E-state index contributed by atoms with van der Waals surface area (Å²) < 4.78 is 1.98. The summed E-state index contributed by atoms with van der Waals surface area (Å²) in [5.74, 6) is 0. The average Bonchev–Trinajstić information content (AvgIpc) is 2.73. The van der Waals surface area contributed by atoms with Gasteiger partial charge in [0.15, 0.2) is 0 Å². The maximum absolute atomic E-state index is 6.17. The van der Waals surface area contributed by atoms with Crippen LogP contribution in [0.1, 0.15) is 22.9 Å². The van der Waals surface area contributed by atoms with Gasteiger partial charge in [0.2, 0.25) is 0 Å². The number of benzene rings is 1. The lowest BCUT2D eigenvalue weighted by molar-refractivity contribution is 0.244. The molecule has 0 bridgehead atoms. The topological polar surface area (TPSA) is 15.3 Å². The van der Waals surface area contributed by atoms with Crippen LogP contribution >= 0.6 is 38.9 Å². The third kappa shape index (κ3) is 3.88. The minimum absolute atomic E-state index is 0.292. The Morgan fingerprint density at radius 2 is 2.10 bits per heavy atom. The number of hydrogen-bond donors (Lipinski definition) is 1. The van der Waals surface area contributed by atoms with Gasteiger partial charge in [-0.25, -0.2) is 0 Å². The number of nitrogens with zero attached hydrogens (tertiary/aromatic N) is 1. The maximum atomic E-state index is 6.17. The van der Waals surface area contributed by atoms with Crippen LogP contribution in [0.3, 0.4) is 0 Å². The Morgan fingerprint density at radius 1 is 1.19 bits per heavy atom. The Bertz CT molecular complexity index is 593. The molecule has 2 heterocycles. The molecule has 0 amide bonds. The van der Waals surface area contributed by atoms with Crippen molar-refractivity contribution in [3.63, 3.8) is 0 Å². The molecule has 5 heteroatoms. The summed E-state index contributed by atoms with van der Waals surface area (Å²) >= 11 is 11.5. The van der Waals surface area contributed by atoms with Crippen LogP contribution in [0.5, 0.6) is 0 Å². The second-order valence-corrected chi connectivity index (χ2v) is 7.90. The van der Waals surface area contributed by atoms with E-state index in [1.807, 2.05) is 6.07 Å². The highest BCUT2D eigenvalue weighted by atomic mass is 79.9. The molecule has 0 spiro atoms. The predicted octanol–water partition coefficient (Wildman–Crippen LogP) is 4.55. The van der Waals surface area contributed by atoms with E-state index in [4.69, 9.17) is 11.6 Å². The van der Waals surface area contributed by atoms with Crippen LogP contribution in [0, 0.1) is 0 Å². The smallest absolute Gasteiger partial charge is 0.0931 e. The molecule has 1 aromatic carbocycles. The van der Waals surface area contributed by atoms with Crippen molar-refractivity contribution in [1.82, 2.24) is 10.2 Å². The molecule has 1 N–H and O–H groups in total. The molecule has 2 nitrogen and oxygen atoms in total. The molecule has 0 saturated carbocycles. The zero-order valence-electron chi connectivity index (χ0n) is 11.7. The highest BCUT2D eigenvalue weighted by Gasteiger charge is 2.24. The van der Waals surface area contributed by atoms with Gasteiger partial charge < -0.3 is 5.32 Å². The van der Waals surface area contributed by atoms with Crippen molar-refractivity contribution < 1.29 is 0 Å². The Balaban J connectivity index is 1.97. The van der Waals surface area contributed by atoms with Gasteiger partial charge in [0, 0.05) is 29.0 Å². The second-order valence-electron chi connectivity index (χ2n) is 5.24. The zero-order valence-corrected chi connectivity index (χ0v) is 14.8. The van der Waals surface area contributed by atoms with Crippen molar-refractivity contribution in [2.75, 3.05) is 26.2 Å². The third-order valence-corrected chi connectivity index (χ3v) is 5.54. The number of hydrogen-bond acceptors (Lipinski definition) is 3. The molecule has 1 aromatic heterocycles. The molecule has 0 radical (unpaired) electrons. The van der Waals surface area contributed by atoms with Crippen molar-refractivity contribution in [2.45, 2.75) is 12.5 Å². The molecule has 1 fully saturated rings. The standard InChI is InChI=1S/C16H18BrClN2S/c17-13-4-1-3-12(11-13)16(14-5-6-15(18)21-14)20-9-2-7-19-8-10-20/h1,3-6,11,16,19H,2,7-10H2. The van der Waals surface area contributed by atoms with E-state index in [1.54, 1.807) is 11.3 Å². The van der Waals surface area contributed by atoms with Crippen LogP contribution in [-0.4, -0.2) is 31.1 Å². The monoisotopic (exact) mass is 384 g/mol. The van der Waals surface area contributed by atoms with E-state index in [0.717, 1.165) is 35.0 Å². The molecule has 1 saturated heterocycles. The van der Waals surface area contributed by atoms with E-state index in [9.17, 15) is 0 Å². The first-order valence-corrected chi connectivity index (χ1v) is 9.18. The number of halogens is 2. The highest BCUT2D eigenvalue weighted by Crippen LogP contribution is 2.36. The summed E-state index contributed by atoms with van der Waals surface area (Å²) in [6, 6.07) is 13.1. The van der Waals surface area contributed by atoms with Gasteiger partial charge in [0.05, 0.1) is 10.4 Å². The summed E-state index contributed by atoms with van der Waals surface area (Å²) in [4.78, 5) is 3.88. The fraction of sp³-hybridized carbons (Fsp3) is 0.375. The predicted molar refractivity (Wildman–Crippen MR) is 94.4 cm³/mol. The summed E-state index contributed by atoms with van der Waals surface area (Å²) in [5.41, 5.74) is 1.32. The van der Waals surface area contributed by atoms with E-state index < -0.39 is 0 Å². The van der Waals surface area contributed by atoms with Crippen molar-refractivity contribution in [3.8, 4) is 0 Å². The fourth-order valence-electron chi connectivity index (χ4n) is 2.83. The zero-order chi connectivity index (χ0) is 14.7. The summed E-state index contributed by atoms with van der Waals surface area (Å²) in [6.07, 6.45) is 1.18. The Hall–Kier alpha value is -0.390. The van der Waals surface area contributed by atoms with Gasteiger partial charge in [-0.2, -0.15) is 0 Å². The van der Waals surface area contributed by atoms with E-state index in [1.165, 1.54) is 16.9 Å². The lowest BCUT2D eigenvalue weighted by atomic mass is 10.0. The maximum Gasteiger partial charge on any atom is 0.0931 e. The summed E-state index contributed by atoms with van der Waals surface area (Å²) in [6.45, 7) is 4.32. The quantitative estimate of drug-likeness (QED) is 0.834. The SMILES string of the molecule is Clc1ccc(C(c2cccc(Br)c2)N2CCCNCC2)s1. The van der Waals surface area contributed by atoms with Gasteiger partial charge in [0.25, 0.3) is 0 Å². The fourth-order valence-corrected chi connectivity index (χ4v) is 4.47. The molecule has 21 heavy (non-hydrogen) atoms. The minimum atomic E-state index is 0.292. The van der Waals surface area contributed by atoms with Gasteiger partial charge >= 0.3 is 0 Å². The van der Waals surface area contributed by atoms with Gasteiger partial charge in [-0.3, -0.25) is 4.90 Å². The highest BCUT2D eigenvalue weighted by molar-refractivity contribution is 9.10.